The molecule has 0 fully saturated rings. The number of aromatic nitrogens is 3. The van der Waals surface area contributed by atoms with Crippen LogP contribution in [0.5, 0.6) is 0 Å². The lowest BCUT2D eigenvalue weighted by atomic mass is 10.2. The van der Waals surface area contributed by atoms with E-state index < -0.39 is 0 Å². The molecule has 0 spiro atoms. The average molecular weight is 410 g/mol. The fraction of sp³-hybridized carbons (Fsp3) is 0.100. The lowest BCUT2D eigenvalue weighted by Gasteiger charge is -2.04. The maximum atomic E-state index is 6.02. The predicted molar refractivity (Wildman–Crippen MR) is 75.4 cm³/mol. The lowest BCUT2D eigenvalue weighted by molar-refractivity contribution is 1.09. The standard InChI is InChI=1S/C10H6BrClIN3/c1-5-8(13)9(12)16-10(15-5)6-2-7(11)4-14-3-6/h2-4H,1H3. The second kappa shape index (κ2) is 4.93. The molecule has 0 saturated heterocycles. The van der Waals surface area contributed by atoms with Crippen LogP contribution in [-0.2, 0) is 0 Å². The predicted octanol–water partition coefficient (Wildman–Crippen LogP) is 3.87. The Morgan fingerprint density at radius 3 is 2.69 bits per heavy atom. The van der Waals surface area contributed by atoms with Crippen LogP contribution in [0.15, 0.2) is 22.9 Å². The van der Waals surface area contributed by atoms with E-state index in [9.17, 15) is 0 Å². The molecule has 2 aromatic rings. The Kier molecular flexibility index (Phi) is 3.76. The van der Waals surface area contributed by atoms with Crippen LogP contribution in [0.3, 0.4) is 0 Å². The third kappa shape index (κ3) is 2.52. The molecule has 3 nitrogen and oxygen atoms in total. The largest absolute Gasteiger partial charge is 0.263 e. The van der Waals surface area contributed by atoms with Gasteiger partial charge in [-0.25, -0.2) is 9.97 Å². The molecular weight excluding hydrogens is 404 g/mol. The van der Waals surface area contributed by atoms with E-state index in [-0.39, 0.29) is 0 Å². The highest BCUT2D eigenvalue weighted by molar-refractivity contribution is 14.1. The Hall–Kier alpha value is -0.270. The van der Waals surface area contributed by atoms with Gasteiger partial charge in [-0.1, -0.05) is 11.6 Å². The van der Waals surface area contributed by atoms with Gasteiger partial charge in [0, 0.05) is 22.4 Å². The fourth-order valence-corrected chi connectivity index (χ4v) is 2.01. The first kappa shape index (κ1) is 12.2. The molecule has 2 aromatic heterocycles. The van der Waals surface area contributed by atoms with Crippen molar-refractivity contribution in [2.75, 3.05) is 0 Å². The number of pyridine rings is 1. The summed E-state index contributed by atoms with van der Waals surface area (Å²) in [4.78, 5) is 12.7. The van der Waals surface area contributed by atoms with E-state index in [1.165, 1.54) is 0 Å². The first-order valence-corrected chi connectivity index (χ1v) is 6.63. The second-order valence-corrected chi connectivity index (χ2v) is 5.48. The molecule has 6 heteroatoms. The first-order chi connectivity index (χ1) is 7.58. The topological polar surface area (TPSA) is 38.7 Å². The number of hydrogen-bond acceptors (Lipinski definition) is 3. The number of rotatable bonds is 1. The molecule has 16 heavy (non-hydrogen) atoms. The van der Waals surface area contributed by atoms with E-state index in [2.05, 4.69) is 53.5 Å². The molecule has 82 valence electrons. The van der Waals surface area contributed by atoms with E-state index in [0.717, 1.165) is 19.3 Å². The highest BCUT2D eigenvalue weighted by Gasteiger charge is 2.09. The molecule has 0 aromatic carbocycles. The summed E-state index contributed by atoms with van der Waals surface area (Å²) in [6, 6.07) is 1.91. The van der Waals surface area contributed by atoms with Crippen LogP contribution >= 0.6 is 50.1 Å². The molecule has 0 N–H and O–H groups in total. The lowest BCUT2D eigenvalue weighted by Crippen LogP contribution is -1.96. The summed E-state index contributed by atoms with van der Waals surface area (Å²) in [6.45, 7) is 1.91. The van der Waals surface area contributed by atoms with Crippen LogP contribution in [0.2, 0.25) is 5.15 Å². The van der Waals surface area contributed by atoms with Gasteiger partial charge in [0.1, 0.15) is 5.15 Å². The summed E-state index contributed by atoms with van der Waals surface area (Å²) in [5.41, 5.74) is 1.71. The minimum Gasteiger partial charge on any atom is -0.263 e. The Labute approximate surface area is 120 Å². The van der Waals surface area contributed by atoms with Crippen LogP contribution in [0.4, 0.5) is 0 Å². The van der Waals surface area contributed by atoms with Gasteiger partial charge >= 0.3 is 0 Å². The van der Waals surface area contributed by atoms with Gasteiger partial charge in [-0.2, -0.15) is 0 Å². The van der Waals surface area contributed by atoms with Gasteiger partial charge in [-0.3, -0.25) is 4.98 Å². The molecule has 0 aliphatic rings. The number of halogens is 3. The molecule has 0 atom stereocenters. The highest BCUT2D eigenvalue weighted by Crippen LogP contribution is 2.24. The van der Waals surface area contributed by atoms with Crippen molar-refractivity contribution in [2.24, 2.45) is 0 Å². The zero-order valence-corrected chi connectivity index (χ0v) is 12.7. The van der Waals surface area contributed by atoms with E-state index in [1.54, 1.807) is 12.4 Å². The molecule has 0 saturated carbocycles. The monoisotopic (exact) mass is 409 g/mol. The van der Waals surface area contributed by atoms with E-state index >= 15 is 0 Å². The number of aryl methyl sites for hydroxylation is 1. The van der Waals surface area contributed by atoms with Crippen LogP contribution in [0, 0.1) is 10.5 Å². The summed E-state index contributed by atoms with van der Waals surface area (Å²) < 4.78 is 1.77. The van der Waals surface area contributed by atoms with Crippen molar-refractivity contribution < 1.29 is 0 Å². The summed E-state index contributed by atoms with van der Waals surface area (Å²) in [6.07, 6.45) is 3.42. The van der Waals surface area contributed by atoms with Crippen molar-refractivity contribution in [1.29, 1.82) is 0 Å². The van der Waals surface area contributed by atoms with Crippen LogP contribution in [0.1, 0.15) is 5.69 Å². The normalized spacial score (nSPS) is 10.5. The van der Waals surface area contributed by atoms with Gasteiger partial charge in [-0.15, -0.1) is 0 Å². The first-order valence-electron chi connectivity index (χ1n) is 4.38. The second-order valence-electron chi connectivity index (χ2n) is 3.13. The van der Waals surface area contributed by atoms with Gasteiger partial charge in [0.15, 0.2) is 5.82 Å². The quantitative estimate of drug-likeness (QED) is 0.529. The third-order valence-electron chi connectivity index (χ3n) is 1.94. The summed E-state index contributed by atoms with van der Waals surface area (Å²) >= 11 is 11.5. The highest BCUT2D eigenvalue weighted by atomic mass is 127. The van der Waals surface area contributed by atoms with Gasteiger partial charge in [-0.05, 0) is 51.5 Å². The summed E-state index contributed by atoms with van der Waals surface area (Å²) in [5.74, 6) is 0.594. The Morgan fingerprint density at radius 2 is 2.06 bits per heavy atom. The molecule has 0 unspecified atom stereocenters. The zero-order chi connectivity index (χ0) is 11.7. The van der Waals surface area contributed by atoms with Crippen molar-refractivity contribution in [3.63, 3.8) is 0 Å². The van der Waals surface area contributed by atoms with Gasteiger partial charge in [0.25, 0.3) is 0 Å². The van der Waals surface area contributed by atoms with Crippen molar-refractivity contribution >= 4 is 50.1 Å². The van der Waals surface area contributed by atoms with E-state index in [0.29, 0.717) is 11.0 Å². The van der Waals surface area contributed by atoms with Crippen molar-refractivity contribution in [1.82, 2.24) is 15.0 Å². The van der Waals surface area contributed by atoms with Gasteiger partial charge < -0.3 is 0 Å². The Balaban J connectivity index is 2.57. The minimum absolute atomic E-state index is 0.475. The summed E-state index contributed by atoms with van der Waals surface area (Å²) in [7, 11) is 0. The molecule has 0 aliphatic heterocycles. The maximum Gasteiger partial charge on any atom is 0.162 e. The molecule has 0 radical (unpaired) electrons. The SMILES string of the molecule is Cc1nc(-c2cncc(Br)c2)nc(Cl)c1I. The Bertz CT molecular complexity index is 524. The minimum atomic E-state index is 0.475. The smallest absolute Gasteiger partial charge is 0.162 e. The average Bonchev–Trinajstić information content (AvgIpc) is 2.25. The van der Waals surface area contributed by atoms with Crippen LogP contribution < -0.4 is 0 Å². The van der Waals surface area contributed by atoms with Crippen molar-refractivity contribution in [2.45, 2.75) is 6.92 Å². The molecular formula is C10H6BrClIN3. The number of hydrogen-bond donors (Lipinski definition) is 0. The molecule has 2 rings (SSSR count). The zero-order valence-electron chi connectivity index (χ0n) is 8.21. The van der Waals surface area contributed by atoms with Gasteiger partial charge in [0.05, 0.1) is 9.26 Å². The van der Waals surface area contributed by atoms with Crippen LogP contribution in [-0.4, -0.2) is 15.0 Å². The summed E-state index contributed by atoms with van der Waals surface area (Å²) in [5, 5.41) is 0.475. The molecule has 0 amide bonds. The molecule has 0 bridgehead atoms. The van der Waals surface area contributed by atoms with E-state index in [1.807, 2.05) is 13.0 Å². The van der Waals surface area contributed by atoms with Crippen molar-refractivity contribution in [3.8, 4) is 11.4 Å². The molecule has 0 aliphatic carbocycles. The fourth-order valence-electron chi connectivity index (χ4n) is 1.19. The van der Waals surface area contributed by atoms with E-state index in [4.69, 9.17) is 11.6 Å². The molecule has 2 heterocycles. The van der Waals surface area contributed by atoms with Crippen LogP contribution in [0.25, 0.3) is 11.4 Å². The van der Waals surface area contributed by atoms with Crippen molar-refractivity contribution in [3.05, 3.63) is 37.3 Å². The Morgan fingerprint density at radius 1 is 1.31 bits per heavy atom. The third-order valence-corrected chi connectivity index (χ3v) is 4.26. The number of nitrogens with zero attached hydrogens (tertiary/aromatic N) is 3. The van der Waals surface area contributed by atoms with Gasteiger partial charge in [0.2, 0.25) is 0 Å². The maximum absolute atomic E-state index is 6.02.